The molecule has 4 rings (SSSR count). The standard InChI is InChI=1S/C29H39N3O9/c1-21(33)39-20-40-29(37)30-13-11-23(12-14-30)31-15-16-32(27(35)18-31)17-26(34)22-7-9-24(10-8-22)38-19-28(36)41-25-5-3-2-4-6-25/h7-10,23,25H,2-6,11-20H2,1H3. The molecule has 2 aliphatic heterocycles. The van der Waals surface area contributed by atoms with Gasteiger partial charge in [-0.25, -0.2) is 9.59 Å². The average molecular weight is 574 g/mol. The van der Waals surface area contributed by atoms with Crippen LogP contribution in [0.25, 0.3) is 0 Å². The molecule has 12 nitrogen and oxygen atoms in total. The molecule has 2 heterocycles. The predicted molar refractivity (Wildman–Crippen MR) is 145 cm³/mol. The van der Waals surface area contributed by atoms with E-state index in [1.165, 1.54) is 13.3 Å². The van der Waals surface area contributed by atoms with Crippen LogP contribution in [0.15, 0.2) is 24.3 Å². The minimum atomic E-state index is -0.527. The summed E-state index contributed by atoms with van der Waals surface area (Å²) in [7, 11) is 0. The van der Waals surface area contributed by atoms with E-state index in [-0.39, 0.29) is 49.5 Å². The number of esters is 2. The van der Waals surface area contributed by atoms with Gasteiger partial charge in [-0.15, -0.1) is 0 Å². The number of piperidine rings is 1. The van der Waals surface area contributed by atoms with Crippen LogP contribution >= 0.6 is 0 Å². The second-order valence-electron chi connectivity index (χ2n) is 10.7. The molecular formula is C29H39N3O9. The molecule has 224 valence electrons. The summed E-state index contributed by atoms with van der Waals surface area (Å²) in [5.41, 5.74) is 0.463. The number of ketones is 1. The normalized spacial score (nSPS) is 19.0. The summed E-state index contributed by atoms with van der Waals surface area (Å²) in [4.78, 5) is 65.9. The second-order valence-corrected chi connectivity index (χ2v) is 10.7. The maximum atomic E-state index is 12.9. The van der Waals surface area contributed by atoms with Crippen molar-refractivity contribution in [1.82, 2.24) is 14.7 Å². The van der Waals surface area contributed by atoms with Crippen LogP contribution in [0.3, 0.4) is 0 Å². The lowest BCUT2D eigenvalue weighted by Gasteiger charge is -2.41. The van der Waals surface area contributed by atoms with Crippen molar-refractivity contribution >= 4 is 29.7 Å². The SMILES string of the molecule is CC(=O)OCOC(=O)N1CCC(N2CCN(CC(=O)c3ccc(OCC(=O)OC4CCCCC4)cc3)C(=O)C2)CC1. The third kappa shape index (κ3) is 9.17. The van der Waals surface area contributed by atoms with Crippen molar-refractivity contribution in [2.24, 2.45) is 0 Å². The molecular weight excluding hydrogens is 534 g/mol. The Morgan fingerprint density at radius 3 is 2.24 bits per heavy atom. The minimum Gasteiger partial charge on any atom is -0.482 e. The van der Waals surface area contributed by atoms with Crippen LogP contribution in [0.4, 0.5) is 4.79 Å². The fraction of sp³-hybridized carbons (Fsp3) is 0.621. The summed E-state index contributed by atoms with van der Waals surface area (Å²) >= 11 is 0. The zero-order chi connectivity index (χ0) is 29.2. The van der Waals surface area contributed by atoms with E-state index in [1.54, 1.807) is 34.1 Å². The fourth-order valence-corrected chi connectivity index (χ4v) is 5.42. The Balaban J connectivity index is 1.15. The summed E-state index contributed by atoms with van der Waals surface area (Å²) in [6.45, 7) is 2.93. The topological polar surface area (TPSA) is 132 Å². The number of hydrogen-bond donors (Lipinski definition) is 0. The van der Waals surface area contributed by atoms with E-state index < -0.39 is 18.9 Å². The van der Waals surface area contributed by atoms with Gasteiger partial charge in [-0.1, -0.05) is 6.42 Å². The number of Topliss-reactive ketones (excluding diaryl/α,β-unsaturated/α-hetero) is 1. The van der Waals surface area contributed by atoms with E-state index in [0.29, 0.717) is 50.3 Å². The number of hydrogen-bond acceptors (Lipinski definition) is 10. The molecule has 41 heavy (non-hydrogen) atoms. The first kappa shape index (κ1) is 30.3. The maximum Gasteiger partial charge on any atom is 0.412 e. The largest absolute Gasteiger partial charge is 0.482 e. The van der Waals surface area contributed by atoms with Crippen LogP contribution in [0, 0.1) is 0 Å². The maximum absolute atomic E-state index is 12.9. The predicted octanol–water partition coefficient (Wildman–Crippen LogP) is 2.39. The van der Waals surface area contributed by atoms with Crippen molar-refractivity contribution in [3.63, 3.8) is 0 Å². The summed E-state index contributed by atoms with van der Waals surface area (Å²) in [6, 6.07) is 6.70. The molecule has 0 atom stereocenters. The highest BCUT2D eigenvalue weighted by Gasteiger charge is 2.33. The van der Waals surface area contributed by atoms with E-state index in [2.05, 4.69) is 9.64 Å². The monoisotopic (exact) mass is 573 g/mol. The number of carbonyl (C=O) groups is 5. The Morgan fingerprint density at radius 2 is 1.59 bits per heavy atom. The molecule has 2 amide bonds. The van der Waals surface area contributed by atoms with Crippen LogP contribution in [0.1, 0.15) is 62.2 Å². The van der Waals surface area contributed by atoms with Crippen LogP contribution < -0.4 is 4.74 Å². The number of benzene rings is 1. The first-order valence-electron chi connectivity index (χ1n) is 14.3. The van der Waals surface area contributed by atoms with Gasteiger partial charge < -0.3 is 28.7 Å². The zero-order valence-electron chi connectivity index (χ0n) is 23.6. The number of carbonyl (C=O) groups excluding carboxylic acids is 5. The molecule has 2 saturated heterocycles. The van der Waals surface area contributed by atoms with Gasteiger partial charge in [-0.3, -0.25) is 19.3 Å². The first-order chi connectivity index (χ1) is 19.8. The molecule has 1 aromatic rings. The highest BCUT2D eigenvalue weighted by Crippen LogP contribution is 2.22. The quantitative estimate of drug-likeness (QED) is 0.233. The molecule has 0 N–H and O–H groups in total. The lowest BCUT2D eigenvalue weighted by Crippen LogP contribution is -2.56. The zero-order valence-corrected chi connectivity index (χ0v) is 23.6. The van der Waals surface area contributed by atoms with Gasteiger partial charge >= 0.3 is 18.0 Å². The molecule has 0 unspecified atom stereocenters. The van der Waals surface area contributed by atoms with E-state index in [1.807, 2.05) is 0 Å². The molecule has 0 radical (unpaired) electrons. The summed E-state index contributed by atoms with van der Waals surface area (Å²) in [5.74, 6) is -0.718. The van der Waals surface area contributed by atoms with Crippen LogP contribution in [0.5, 0.6) is 5.75 Å². The third-order valence-electron chi connectivity index (χ3n) is 7.75. The van der Waals surface area contributed by atoms with Crippen LogP contribution in [-0.4, -0.2) is 109 Å². The Bertz CT molecular complexity index is 1080. The van der Waals surface area contributed by atoms with Crippen molar-refractivity contribution in [1.29, 1.82) is 0 Å². The molecule has 12 heteroatoms. The molecule has 1 aliphatic carbocycles. The Hall–Kier alpha value is -3.67. The van der Waals surface area contributed by atoms with Crippen molar-refractivity contribution < 1.29 is 42.9 Å². The average Bonchev–Trinajstić information content (AvgIpc) is 2.97. The molecule has 0 spiro atoms. The molecule has 1 saturated carbocycles. The fourth-order valence-electron chi connectivity index (χ4n) is 5.42. The van der Waals surface area contributed by atoms with E-state index in [4.69, 9.17) is 14.2 Å². The number of likely N-dealkylation sites (tertiary alicyclic amines) is 1. The highest BCUT2D eigenvalue weighted by atomic mass is 16.7. The summed E-state index contributed by atoms with van der Waals surface area (Å²) in [5, 5.41) is 0. The lowest BCUT2D eigenvalue weighted by molar-refractivity contribution is -0.153. The summed E-state index contributed by atoms with van der Waals surface area (Å²) in [6.07, 6.45) is 5.99. The first-order valence-corrected chi connectivity index (χ1v) is 14.3. The number of rotatable bonds is 10. The molecule has 3 fully saturated rings. The van der Waals surface area contributed by atoms with E-state index >= 15 is 0 Å². The smallest absolute Gasteiger partial charge is 0.412 e. The van der Waals surface area contributed by atoms with Crippen molar-refractivity contribution in [3.8, 4) is 5.75 Å². The Morgan fingerprint density at radius 1 is 0.878 bits per heavy atom. The lowest BCUT2D eigenvalue weighted by atomic mass is 9.98. The van der Waals surface area contributed by atoms with E-state index in [0.717, 1.165) is 25.7 Å². The van der Waals surface area contributed by atoms with Gasteiger partial charge in [0.15, 0.2) is 12.4 Å². The minimum absolute atomic E-state index is 0.00674. The van der Waals surface area contributed by atoms with E-state index in [9.17, 15) is 24.0 Å². The number of nitrogens with zero attached hydrogens (tertiary/aromatic N) is 3. The molecule has 3 aliphatic rings. The molecule has 1 aromatic carbocycles. The van der Waals surface area contributed by atoms with Gasteiger partial charge in [-0.2, -0.15) is 0 Å². The van der Waals surface area contributed by atoms with Crippen molar-refractivity contribution in [3.05, 3.63) is 29.8 Å². The molecule has 0 aromatic heterocycles. The van der Waals surface area contributed by atoms with Gasteiger partial charge in [0.25, 0.3) is 0 Å². The second kappa shape index (κ2) is 14.8. The van der Waals surface area contributed by atoms with Crippen LogP contribution in [-0.2, 0) is 28.6 Å². The highest BCUT2D eigenvalue weighted by molar-refractivity contribution is 5.99. The number of amides is 2. The van der Waals surface area contributed by atoms with Gasteiger partial charge in [0.05, 0.1) is 13.1 Å². The Labute approximate surface area is 239 Å². The Kier molecular flexibility index (Phi) is 10.9. The number of ether oxygens (including phenoxy) is 4. The van der Waals surface area contributed by atoms with Gasteiger partial charge in [0, 0.05) is 44.7 Å². The molecule has 0 bridgehead atoms. The van der Waals surface area contributed by atoms with Crippen molar-refractivity contribution in [2.45, 2.75) is 64.0 Å². The summed E-state index contributed by atoms with van der Waals surface area (Å²) < 4.78 is 20.6. The van der Waals surface area contributed by atoms with Gasteiger partial charge in [0.2, 0.25) is 12.7 Å². The van der Waals surface area contributed by atoms with Crippen LogP contribution in [0.2, 0.25) is 0 Å². The van der Waals surface area contributed by atoms with Crippen molar-refractivity contribution in [2.75, 3.05) is 52.7 Å². The third-order valence-corrected chi connectivity index (χ3v) is 7.75. The number of piperazine rings is 1. The van der Waals surface area contributed by atoms with Gasteiger partial charge in [0.1, 0.15) is 11.9 Å². The van der Waals surface area contributed by atoms with Gasteiger partial charge in [-0.05, 0) is 62.8 Å².